The molecule has 1 aromatic heterocycles. The lowest BCUT2D eigenvalue weighted by Gasteiger charge is -2.21. The number of anilines is 1. The first-order valence-electron chi connectivity index (χ1n) is 5.57. The highest BCUT2D eigenvalue weighted by molar-refractivity contribution is 7.09. The van der Waals surface area contributed by atoms with Crippen LogP contribution in [0.15, 0.2) is 23.6 Å². The molecule has 1 aromatic carbocycles. The molecular weight excluding hydrogens is 287 g/mol. The predicted octanol–water partition coefficient (Wildman–Crippen LogP) is 4.48. The molecule has 0 bridgehead atoms. The normalized spacial score (nSPS) is 10.7. The summed E-state index contributed by atoms with van der Waals surface area (Å²) in [6.07, 6.45) is 0. The summed E-state index contributed by atoms with van der Waals surface area (Å²) in [5, 5.41) is 3.88. The van der Waals surface area contributed by atoms with Crippen LogP contribution in [-0.2, 0) is 12.4 Å². The molecule has 2 aromatic rings. The van der Waals surface area contributed by atoms with Gasteiger partial charge in [-0.2, -0.15) is 0 Å². The fraction of sp³-hybridized carbons (Fsp3) is 0.308. The van der Waals surface area contributed by atoms with Crippen LogP contribution < -0.4 is 4.90 Å². The van der Waals surface area contributed by atoms with E-state index in [0.717, 1.165) is 28.5 Å². The monoisotopic (exact) mass is 300 g/mol. The van der Waals surface area contributed by atoms with Crippen molar-refractivity contribution in [2.75, 3.05) is 11.9 Å². The molecule has 0 radical (unpaired) electrons. The average molecular weight is 301 g/mol. The van der Waals surface area contributed by atoms with Gasteiger partial charge in [0.2, 0.25) is 0 Å². The number of halogens is 2. The van der Waals surface area contributed by atoms with Gasteiger partial charge < -0.3 is 4.90 Å². The second-order valence-corrected chi connectivity index (χ2v) is 5.82. The third-order valence-corrected chi connectivity index (χ3v) is 4.15. The Kier molecular flexibility index (Phi) is 4.49. The van der Waals surface area contributed by atoms with Gasteiger partial charge in [0.1, 0.15) is 0 Å². The van der Waals surface area contributed by atoms with Crippen molar-refractivity contribution in [1.29, 1.82) is 0 Å². The van der Waals surface area contributed by atoms with Gasteiger partial charge in [0.15, 0.2) is 0 Å². The largest absolute Gasteiger partial charge is 0.368 e. The molecule has 0 aliphatic heterocycles. The summed E-state index contributed by atoms with van der Waals surface area (Å²) in [5.41, 5.74) is 3.10. The number of nitrogens with zero attached hydrogens (tertiary/aromatic N) is 2. The lowest BCUT2D eigenvalue weighted by Crippen LogP contribution is -2.18. The van der Waals surface area contributed by atoms with Gasteiger partial charge in [-0.25, -0.2) is 4.98 Å². The van der Waals surface area contributed by atoms with Gasteiger partial charge in [0, 0.05) is 28.7 Å². The third kappa shape index (κ3) is 2.97. The van der Waals surface area contributed by atoms with Crippen LogP contribution in [0.1, 0.15) is 16.3 Å². The number of hydrogen-bond acceptors (Lipinski definition) is 3. The molecule has 5 heteroatoms. The van der Waals surface area contributed by atoms with E-state index in [-0.39, 0.29) is 0 Å². The van der Waals surface area contributed by atoms with Crippen LogP contribution in [0, 0.1) is 6.92 Å². The molecule has 2 nitrogen and oxygen atoms in total. The van der Waals surface area contributed by atoms with Gasteiger partial charge >= 0.3 is 0 Å². The molecule has 0 aliphatic rings. The Bertz CT molecular complexity index is 540. The molecule has 2 rings (SSSR count). The number of alkyl halides is 1. The minimum atomic E-state index is 0.412. The molecule has 0 spiro atoms. The van der Waals surface area contributed by atoms with E-state index in [2.05, 4.69) is 15.3 Å². The maximum atomic E-state index is 6.16. The van der Waals surface area contributed by atoms with E-state index in [9.17, 15) is 0 Å². The molecule has 0 unspecified atom stereocenters. The van der Waals surface area contributed by atoms with E-state index in [1.807, 2.05) is 32.2 Å². The summed E-state index contributed by atoms with van der Waals surface area (Å²) in [4.78, 5) is 6.59. The van der Waals surface area contributed by atoms with Crippen molar-refractivity contribution in [3.63, 3.8) is 0 Å². The highest BCUT2D eigenvalue weighted by atomic mass is 35.5. The topological polar surface area (TPSA) is 16.1 Å². The molecule has 0 amide bonds. The Morgan fingerprint density at radius 2 is 2.17 bits per heavy atom. The van der Waals surface area contributed by atoms with Crippen LogP contribution >= 0.6 is 34.5 Å². The minimum Gasteiger partial charge on any atom is -0.368 e. The Morgan fingerprint density at radius 3 is 2.78 bits per heavy atom. The van der Waals surface area contributed by atoms with Crippen molar-refractivity contribution in [3.05, 3.63) is 44.9 Å². The van der Waals surface area contributed by atoms with Crippen LogP contribution in [0.2, 0.25) is 5.02 Å². The maximum Gasteiger partial charge on any atom is 0.0898 e. The van der Waals surface area contributed by atoms with Crippen molar-refractivity contribution in [2.45, 2.75) is 19.3 Å². The van der Waals surface area contributed by atoms with Gasteiger partial charge in [-0.3, -0.25) is 0 Å². The summed E-state index contributed by atoms with van der Waals surface area (Å²) in [5.74, 6) is 0.412. The summed E-state index contributed by atoms with van der Waals surface area (Å²) < 4.78 is 0. The molecule has 0 saturated carbocycles. The highest BCUT2D eigenvalue weighted by Gasteiger charge is 2.11. The highest BCUT2D eigenvalue weighted by Crippen LogP contribution is 2.29. The lowest BCUT2D eigenvalue weighted by molar-refractivity contribution is 0.885. The quantitative estimate of drug-likeness (QED) is 0.774. The van der Waals surface area contributed by atoms with Gasteiger partial charge in [0.25, 0.3) is 0 Å². The van der Waals surface area contributed by atoms with Crippen molar-refractivity contribution in [3.8, 4) is 0 Å². The first kappa shape index (κ1) is 13.7. The Morgan fingerprint density at radius 1 is 1.39 bits per heavy atom. The lowest BCUT2D eigenvalue weighted by atomic mass is 10.2. The number of aromatic nitrogens is 1. The number of hydrogen-bond donors (Lipinski definition) is 0. The van der Waals surface area contributed by atoms with E-state index < -0.39 is 0 Å². The smallest absolute Gasteiger partial charge is 0.0898 e. The Labute approximate surface area is 121 Å². The van der Waals surface area contributed by atoms with E-state index in [1.54, 1.807) is 11.3 Å². The van der Waals surface area contributed by atoms with Crippen molar-refractivity contribution in [2.24, 2.45) is 0 Å². The number of benzene rings is 1. The van der Waals surface area contributed by atoms with Crippen LogP contribution in [0.3, 0.4) is 0 Å². The molecular formula is C13H14Cl2N2S. The maximum absolute atomic E-state index is 6.16. The zero-order chi connectivity index (χ0) is 13.1. The van der Waals surface area contributed by atoms with Crippen molar-refractivity contribution >= 4 is 40.2 Å². The third-order valence-electron chi connectivity index (χ3n) is 2.70. The summed E-state index contributed by atoms with van der Waals surface area (Å²) >= 11 is 13.8. The summed E-state index contributed by atoms with van der Waals surface area (Å²) in [6.45, 7) is 2.77. The molecule has 1 heterocycles. The molecule has 0 atom stereocenters. The van der Waals surface area contributed by atoms with Crippen molar-refractivity contribution in [1.82, 2.24) is 4.98 Å². The number of aryl methyl sites for hydroxylation is 1. The second-order valence-electron chi connectivity index (χ2n) is 4.09. The first-order chi connectivity index (χ1) is 8.61. The molecule has 0 saturated heterocycles. The summed E-state index contributed by atoms with van der Waals surface area (Å²) in [6, 6.07) is 5.84. The standard InChI is InChI=1S/C13H14Cl2N2S/c1-9-16-10(8-18-9)7-17(2)13-5-3-4-12(15)11(13)6-14/h3-5,8H,6-7H2,1-2H3. The second kappa shape index (κ2) is 5.91. The fourth-order valence-electron chi connectivity index (χ4n) is 1.85. The number of thiazole rings is 1. The van der Waals surface area contributed by atoms with Crippen LogP contribution in [0.4, 0.5) is 5.69 Å². The van der Waals surface area contributed by atoms with E-state index in [1.165, 1.54) is 0 Å². The molecule has 0 aliphatic carbocycles. The average Bonchev–Trinajstić information content (AvgIpc) is 2.74. The van der Waals surface area contributed by atoms with E-state index in [4.69, 9.17) is 23.2 Å². The van der Waals surface area contributed by atoms with Gasteiger partial charge in [-0.1, -0.05) is 17.7 Å². The van der Waals surface area contributed by atoms with Gasteiger partial charge in [-0.15, -0.1) is 22.9 Å². The van der Waals surface area contributed by atoms with Crippen LogP contribution in [0.25, 0.3) is 0 Å². The Hall–Kier alpha value is -0.770. The molecule has 18 heavy (non-hydrogen) atoms. The van der Waals surface area contributed by atoms with Gasteiger partial charge in [-0.05, 0) is 19.1 Å². The predicted molar refractivity (Wildman–Crippen MR) is 80.0 cm³/mol. The Balaban J connectivity index is 2.23. The molecule has 96 valence electrons. The van der Waals surface area contributed by atoms with E-state index in [0.29, 0.717) is 10.9 Å². The number of rotatable bonds is 4. The fourth-order valence-corrected chi connectivity index (χ4v) is 3.04. The summed E-state index contributed by atoms with van der Waals surface area (Å²) in [7, 11) is 2.02. The zero-order valence-corrected chi connectivity index (χ0v) is 12.6. The minimum absolute atomic E-state index is 0.412. The zero-order valence-electron chi connectivity index (χ0n) is 10.3. The molecule has 0 fully saturated rings. The van der Waals surface area contributed by atoms with Crippen molar-refractivity contribution < 1.29 is 0 Å². The first-order valence-corrected chi connectivity index (χ1v) is 7.36. The molecule has 0 N–H and O–H groups in total. The SMILES string of the molecule is Cc1nc(CN(C)c2cccc(Cl)c2CCl)cs1. The van der Waals surface area contributed by atoms with Gasteiger partial charge in [0.05, 0.1) is 23.1 Å². The van der Waals surface area contributed by atoms with E-state index >= 15 is 0 Å². The van der Waals surface area contributed by atoms with Crippen LogP contribution in [-0.4, -0.2) is 12.0 Å². The van der Waals surface area contributed by atoms with Crippen LogP contribution in [0.5, 0.6) is 0 Å².